The summed E-state index contributed by atoms with van der Waals surface area (Å²) in [6.07, 6.45) is 3.06. The first kappa shape index (κ1) is 25.6. The lowest BCUT2D eigenvalue weighted by molar-refractivity contribution is -0.117. The summed E-state index contributed by atoms with van der Waals surface area (Å²) in [5.41, 5.74) is 4.96. The molecule has 1 aliphatic rings. The molecule has 0 saturated carbocycles. The molecule has 4 aromatic rings. The minimum Gasteiger partial charge on any atom is -0.503 e. The highest BCUT2D eigenvalue weighted by Gasteiger charge is 2.45. The number of amides is 1. The van der Waals surface area contributed by atoms with Gasteiger partial charge in [-0.3, -0.25) is 14.5 Å². The van der Waals surface area contributed by atoms with Crippen LogP contribution >= 0.6 is 23.1 Å². The zero-order valence-electron chi connectivity index (χ0n) is 20.9. The molecule has 0 fully saturated rings. The maximum atomic E-state index is 13.4. The monoisotopic (exact) mass is 539 g/mol. The number of thioether (sulfide) groups is 1. The largest absolute Gasteiger partial charge is 0.503 e. The number of aryl methyl sites for hydroxylation is 2. The summed E-state index contributed by atoms with van der Waals surface area (Å²) in [6.45, 7) is 4.01. The number of hydrogen-bond acceptors (Lipinski definition) is 7. The fraction of sp³-hybridized carbons (Fsp3) is 0.133. The van der Waals surface area contributed by atoms with Crippen LogP contribution in [-0.4, -0.2) is 27.0 Å². The number of carbonyl (C=O) groups is 2. The molecular formula is C30H25N3O3S2. The number of nitrogens with zero attached hydrogens (tertiary/aromatic N) is 3. The van der Waals surface area contributed by atoms with Crippen LogP contribution in [0.5, 0.6) is 0 Å². The smallest absolute Gasteiger partial charge is 0.296 e. The van der Waals surface area contributed by atoms with Crippen LogP contribution in [0.1, 0.15) is 33.9 Å². The number of carbonyl (C=O) groups excluding carboxylic acids is 2. The van der Waals surface area contributed by atoms with Crippen LogP contribution in [0.25, 0.3) is 6.08 Å². The van der Waals surface area contributed by atoms with Crippen LogP contribution in [0, 0.1) is 13.8 Å². The molecule has 5 rings (SSSR count). The van der Waals surface area contributed by atoms with E-state index in [9.17, 15) is 14.7 Å². The van der Waals surface area contributed by atoms with Crippen LogP contribution in [0.4, 0.5) is 5.13 Å². The summed E-state index contributed by atoms with van der Waals surface area (Å²) >= 11 is 2.79. The molecule has 0 radical (unpaired) electrons. The van der Waals surface area contributed by atoms with E-state index in [2.05, 4.69) is 34.5 Å². The Labute approximate surface area is 229 Å². The standard InChI is InChI=1S/C30H25N3O3S2/c1-19-8-12-22(13-9-19)18-37-30-32-31-29(38-30)33-26(23-15-10-20(2)11-16-23)25(27(35)28(33)36)24(34)17-14-21-6-4-3-5-7-21/h3-17,26,35H,18H2,1-2H3. The van der Waals surface area contributed by atoms with E-state index >= 15 is 0 Å². The normalized spacial score (nSPS) is 15.6. The van der Waals surface area contributed by atoms with Gasteiger partial charge in [-0.1, -0.05) is 119 Å². The second-order valence-corrected chi connectivity index (χ2v) is 11.2. The molecule has 1 aliphatic heterocycles. The molecule has 0 spiro atoms. The van der Waals surface area contributed by atoms with Gasteiger partial charge in [0.05, 0.1) is 11.6 Å². The molecule has 0 aliphatic carbocycles. The zero-order chi connectivity index (χ0) is 26.6. The first-order valence-electron chi connectivity index (χ1n) is 12.0. The maximum absolute atomic E-state index is 13.4. The van der Waals surface area contributed by atoms with E-state index < -0.39 is 23.5 Å². The third kappa shape index (κ3) is 5.46. The Morgan fingerprint density at radius 3 is 2.32 bits per heavy atom. The Morgan fingerprint density at radius 2 is 1.63 bits per heavy atom. The fourth-order valence-corrected chi connectivity index (χ4v) is 5.96. The SMILES string of the molecule is Cc1ccc(CSc2nnc(N3C(=O)C(O)=C(C(=O)C=Cc4ccccc4)C3c3ccc(C)cc3)s2)cc1. The predicted molar refractivity (Wildman–Crippen MR) is 152 cm³/mol. The molecular weight excluding hydrogens is 514 g/mol. The first-order valence-corrected chi connectivity index (χ1v) is 13.8. The number of ketones is 1. The second-order valence-electron chi connectivity index (χ2n) is 8.98. The summed E-state index contributed by atoms with van der Waals surface area (Å²) < 4.78 is 0.694. The van der Waals surface area contributed by atoms with E-state index in [-0.39, 0.29) is 5.57 Å². The van der Waals surface area contributed by atoms with Gasteiger partial charge in [-0.2, -0.15) is 0 Å². The highest BCUT2D eigenvalue weighted by atomic mass is 32.2. The van der Waals surface area contributed by atoms with Crippen molar-refractivity contribution in [2.75, 3.05) is 4.90 Å². The maximum Gasteiger partial charge on any atom is 0.296 e. The van der Waals surface area contributed by atoms with Crippen LogP contribution in [0.3, 0.4) is 0 Å². The van der Waals surface area contributed by atoms with Gasteiger partial charge in [-0.15, -0.1) is 10.2 Å². The van der Waals surface area contributed by atoms with Crippen molar-refractivity contribution in [2.24, 2.45) is 0 Å². The van der Waals surface area contributed by atoms with Gasteiger partial charge >= 0.3 is 0 Å². The number of rotatable bonds is 8. The van der Waals surface area contributed by atoms with Gasteiger partial charge in [-0.25, -0.2) is 0 Å². The lowest BCUT2D eigenvalue weighted by Crippen LogP contribution is -2.30. The first-order chi connectivity index (χ1) is 18.4. The number of hydrogen-bond donors (Lipinski definition) is 1. The van der Waals surface area contributed by atoms with Gasteiger partial charge in [0.15, 0.2) is 15.9 Å². The summed E-state index contributed by atoms with van der Waals surface area (Å²) in [7, 11) is 0. The molecule has 1 aromatic heterocycles. The quantitative estimate of drug-likeness (QED) is 0.154. The van der Waals surface area contributed by atoms with Crippen molar-refractivity contribution in [3.05, 3.63) is 124 Å². The van der Waals surface area contributed by atoms with E-state index in [0.717, 1.165) is 16.7 Å². The van der Waals surface area contributed by atoms with Crippen molar-refractivity contribution in [1.82, 2.24) is 10.2 Å². The molecule has 1 unspecified atom stereocenters. The molecule has 1 amide bonds. The van der Waals surface area contributed by atoms with Gasteiger partial charge in [0, 0.05) is 5.75 Å². The Kier molecular flexibility index (Phi) is 7.53. The summed E-state index contributed by atoms with van der Waals surface area (Å²) in [5, 5.41) is 19.8. The lowest BCUT2D eigenvalue weighted by atomic mass is 9.95. The number of aliphatic hydroxyl groups excluding tert-OH is 1. The predicted octanol–water partition coefficient (Wildman–Crippen LogP) is 6.63. The number of benzene rings is 3. The minimum atomic E-state index is -0.820. The topological polar surface area (TPSA) is 83.4 Å². The number of aliphatic hydroxyl groups is 1. The van der Waals surface area contributed by atoms with E-state index in [1.54, 1.807) is 6.08 Å². The number of anilines is 1. The molecule has 0 saturated heterocycles. The van der Waals surface area contributed by atoms with Crippen molar-refractivity contribution >= 4 is 46.0 Å². The van der Waals surface area contributed by atoms with Crippen molar-refractivity contribution in [3.8, 4) is 0 Å². The molecule has 3 aromatic carbocycles. The van der Waals surface area contributed by atoms with Crippen LogP contribution in [0.2, 0.25) is 0 Å². The second kappa shape index (κ2) is 11.2. The summed E-state index contributed by atoms with van der Waals surface area (Å²) in [4.78, 5) is 28.1. The zero-order valence-corrected chi connectivity index (χ0v) is 22.5. The van der Waals surface area contributed by atoms with E-state index in [0.29, 0.717) is 20.8 Å². The highest BCUT2D eigenvalue weighted by Crippen LogP contribution is 2.43. The fourth-order valence-electron chi connectivity index (χ4n) is 4.13. The van der Waals surface area contributed by atoms with E-state index in [1.165, 1.54) is 39.6 Å². The molecule has 0 bridgehead atoms. The Morgan fingerprint density at radius 1 is 0.974 bits per heavy atom. The van der Waals surface area contributed by atoms with E-state index in [1.807, 2.05) is 68.4 Å². The summed E-state index contributed by atoms with van der Waals surface area (Å²) in [5.74, 6) is -0.964. The van der Waals surface area contributed by atoms with Gasteiger partial charge in [0.25, 0.3) is 5.91 Å². The van der Waals surface area contributed by atoms with Gasteiger partial charge < -0.3 is 5.11 Å². The van der Waals surface area contributed by atoms with Crippen molar-refractivity contribution in [2.45, 2.75) is 30.0 Å². The molecule has 38 heavy (non-hydrogen) atoms. The van der Waals surface area contributed by atoms with Crippen LogP contribution in [0.15, 0.2) is 101 Å². The average Bonchev–Trinajstić information content (AvgIpc) is 3.50. The van der Waals surface area contributed by atoms with Crippen LogP contribution < -0.4 is 4.90 Å². The van der Waals surface area contributed by atoms with Crippen molar-refractivity contribution < 1.29 is 14.7 Å². The van der Waals surface area contributed by atoms with Crippen molar-refractivity contribution in [1.29, 1.82) is 0 Å². The molecule has 6 nitrogen and oxygen atoms in total. The van der Waals surface area contributed by atoms with Crippen molar-refractivity contribution in [3.63, 3.8) is 0 Å². The molecule has 190 valence electrons. The molecule has 1 N–H and O–H groups in total. The molecule has 8 heteroatoms. The Balaban J connectivity index is 1.45. The number of allylic oxidation sites excluding steroid dienone is 1. The molecule has 1 atom stereocenters. The highest BCUT2D eigenvalue weighted by molar-refractivity contribution is 8.00. The Hall–Kier alpha value is -4.01. The van der Waals surface area contributed by atoms with Gasteiger partial charge in [0.1, 0.15) is 0 Å². The minimum absolute atomic E-state index is 0.0232. The van der Waals surface area contributed by atoms with E-state index in [4.69, 9.17) is 0 Å². The molecule has 2 heterocycles. The lowest BCUT2D eigenvalue weighted by Gasteiger charge is -2.23. The summed E-state index contributed by atoms with van der Waals surface area (Å²) in [6, 6.07) is 24.4. The van der Waals surface area contributed by atoms with Gasteiger partial charge in [-0.05, 0) is 36.6 Å². The third-order valence-electron chi connectivity index (χ3n) is 6.18. The third-order valence-corrected chi connectivity index (χ3v) is 8.31. The van der Waals surface area contributed by atoms with Crippen LogP contribution in [-0.2, 0) is 15.3 Å². The average molecular weight is 540 g/mol. The van der Waals surface area contributed by atoms with Gasteiger partial charge in [0.2, 0.25) is 5.13 Å². The number of aromatic nitrogens is 2. The Bertz CT molecular complexity index is 1530.